The molecule has 0 aromatic carbocycles. The van der Waals surface area contributed by atoms with Gasteiger partial charge >= 0.3 is 0 Å². The van der Waals surface area contributed by atoms with Crippen LogP contribution in [0.25, 0.3) is 0 Å². The Labute approximate surface area is 69.7 Å². The first-order valence-corrected chi connectivity index (χ1v) is 5.27. The third-order valence-electron chi connectivity index (χ3n) is 0.570. The van der Waals surface area contributed by atoms with Crippen LogP contribution in [0.4, 0.5) is 0 Å². The zero-order chi connectivity index (χ0) is 6.57. The van der Waals surface area contributed by atoms with E-state index in [-0.39, 0.29) is 0 Å². The first-order chi connectivity index (χ1) is 3.72. The molecule has 0 aliphatic carbocycles. The molecule has 0 saturated heterocycles. The SMILES string of the molecule is CSC(S)=C(S)SC. The normalized spacial score (nSPS) is 13.5. The fourth-order valence-corrected chi connectivity index (χ4v) is 1.57. The molecular formula is C4H8S4. The van der Waals surface area contributed by atoms with Gasteiger partial charge in [-0.15, -0.1) is 48.8 Å². The summed E-state index contributed by atoms with van der Waals surface area (Å²) in [6.45, 7) is 0. The third-order valence-corrected chi connectivity index (χ3v) is 3.90. The Hall–Kier alpha value is 1.14. The molecule has 0 atom stereocenters. The lowest BCUT2D eigenvalue weighted by molar-refractivity contribution is 2.30. The average molecular weight is 184 g/mol. The second kappa shape index (κ2) is 4.97. The highest BCUT2D eigenvalue weighted by Crippen LogP contribution is 2.29. The minimum absolute atomic E-state index is 0.987. The van der Waals surface area contributed by atoms with Gasteiger partial charge in [0.05, 0.1) is 8.47 Å². The van der Waals surface area contributed by atoms with Gasteiger partial charge in [0, 0.05) is 0 Å². The summed E-state index contributed by atoms with van der Waals surface area (Å²) in [5.41, 5.74) is 0. The highest BCUT2D eigenvalue weighted by atomic mass is 32.2. The predicted octanol–water partition coefficient (Wildman–Crippen LogP) is 2.70. The number of hydrogen-bond donors (Lipinski definition) is 2. The van der Waals surface area contributed by atoms with Crippen molar-refractivity contribution in [1.29, 1.82) is 0 Å². The van der Waals surface area contributed by atoms with E-state index in [0.717, 1.165) is 8.47 Å². The summed E-state index contributed by atoms with van der Waals surface area (Å²) >= 11 is 11.5. The van der Waals surface area contributed by atoms with Crippen molar-refractivity contribution in [2.75, 3.05) is 12.5 Å². The number of rotatable bonds is 2. The summed E-state index contributed by atoms with van der Waals surface area (Å²) in [6.07, 6.45) is 3.96. The largest absolute Gasteiger partial charge is 0.135 e. The Morgan fingerprint density at radius 1 is 1.00 bits per heavy atom. The van der Waals surface area contributed by atoms with E-state index in [4.69, 9.17) is 0 Å². The molecule has 0 aromatic rings. The summed E-state index contributed by atoms with van der Waals surface area (Å²) in [5, 5.41) is 0. The van der Waals surface area contributed by atoms with Gasteiger partial charge in [0.15, 0.2) is 0 Å². The van der Waals surface area contributed by atoms with Gasteiger partial charge in [0.1, 0.15) is 0 Å². The van der Waals surface area contributed by atoms with Crippen LogP contribution in [0.5, 0.6) is 0 Å². The van der Waals surface area contributed by atoms with Crippen molar-refractivity contribution in [3.63, 3.8) is 0 Å². The molecule has 0 unspecified atom stereocenters. The van der Waals surface area contributed by atoms with Crippen molar-refractivity contribution in [1.82, 2.24) is 0 Å². The molecule has 0 heterocycles. The molecule has 0 N–H and O–H groups in total. The molecule has 0 aliphatic rings. The molecule has 4 heteroatoms. The van der Waals surface area contributed by atoms with E-state index in [0.29, 0.717) is 0 Å². The molecule has 0 saturated carbocycles. The minimum atomic E-state index is 0.987. The monoisotopic (exact) mass is 184 g/mol. The Bertz CT molecular complexity index is 84.2. The lowest BCUT2D eigenvalue weighted by Crippen LogP contribution is -1.63. The van der Waals surface area contributed by atoms with Crippen molar-refractivity contribution < 1.29 is 0 Å². The molecule has 0 nitrogen and oxygen atoms in total. The van der Waals surface area contributed by atoms with Crippen LogP contribution in [-0.2, 0) is 0 Å². The van der Waals surface area contributed by atoms with E-state index >= 15 is 0 Å². The van der Waals surface area contributed by atoms with Crippen molar-refractivity contribution in [2.45, 2.75) is 0 Å². The fraction of sp³-hybridized carbons (Fsp3) is 0.500. The smallest absolute Gasteiger partial charge is 0.0566 e. The summed E-state index contributed by atoms with van der Waals surface area (Å²) in [6, 6.07) is 0. The van der Waals surface area contributed by atoms with Crippen molar-refractivity contribution in [3.8, 4) is 0 Å². The standard InChI is InChI=1S/C4H8S4/c1-7-3(5)4(6)8-2/h5-6H,1-2H3. The van der Waals surface area contributed by atoms with Crippen LogP contribution in [0.2, 0.25) is 0 Å². The summed E-state index contributed by atoms with van der Waals surface area (Å²) in [4.78, 5) is 0. The molecule has 0 aliphatic heterocycles. The quantitative estimate of drug-likeness (QED) is 0.633. The van der Waals surface area contributed by atoms with Crippen LogP contribution in [0.3, 0.4) is 0 Å². The van der Waals surface area contributed by atoms with Gasteiger partial charge in [-0.1, -0.05) is 0 Å². The first-order valence-electron chi connectivity index (χ1n) is 1.92. The highest BCUT2D eigenvalue weighted by Gasteiger charge is 1.92. The third kappa shape index (κ3) is 3.22. The van der Waals surface area contributed by atoms with Crippen molar-refractivity contribution in [2.24, 2.45) is 0 Å². The second-order valence-electron chi connectivity index (χ2n) is 1.02. The molecule has 0 bridgehead atoms. The van der Waals surface area contributed by atoms with E-state index in [1.54, 1.807) is 23.5 Å². The topological polar surface area (TPSA) is 0 Å². The molecule has 0 radical (unpaired) electrons. The molecule has 0 rings (SSSR count). The Balaban J connectivity index is 3.83. The van der Waals surface area contributed by atoms with Crippen molar-refractivity contribution in [3.05, 3.63) is 8.47 Å². The first kappa shape index (κ1) is 9.14. The van der Waals surface area contributed by atoms with Crippen LogP contribution in [0, 0.1) is 0 Å². The number of hydrogen-bond acceptors (Lipinski definition) is 4. The Kier molecular flexibility index (Phi) is 5.68. The second-order valence-corrected chi connectivity index (χ2v) is 4.15. The van der Waals surface area contributed by atoms with E-state index in [9.17, 15) is 0 Å². The average Bonchev–Trinajstić information content (AvgIpc) is 1.84. The van der Waals surface area contributed by atoms with E-state index in [1.807, 2.05) is 12.5 Å². The molecule has 0 spiro atoms. The molecule has 0 fully saturated rings. The molecule has 0 amide bonds. The van der Waals surface area contributed by atoms with E-state index in [2.05, 4.69) is 25.3 Å². The van der Waals surface area contributed by atoms with Gasteiger partial charge in [0.25, 0.3) is 0 Å². The lowest BCUT2D eigenvalue weighted by atomic mass is 11.2. The molecular weight excluding hydrogens is 176 g/mol. The lowest BCUT2D eigenvalue weighted by Gasteiger charge is -1.96. The van der Waals surface area contributed by atoms with Gasteiger partial charge in [-0.2, -0.15) is 0 Å². The van der Waals surface area contributed by atoms with Crippen LogP contribution < -0.4 is 0 Å². The number of thioether (sulfide) groups is 2. The Morgan fingerprint density at radius 3 is 1.38 bits per heavy atom. The van der Waals surface area contributed by atoms with Crippen LogP contribution in [0.15, 0.2) is 8.47 Å². The van der Waals surface area contributed by atoms with Gasteiger partial charge in [-0.05, 0) is 12.5 Å². The fourth-order valence-electron chi connectivity index (χ4n) is 0.175. The van der Waals surface area contributed by atoms with Crippen LogP contribution in [0.1, 0.15) is 0 Å². The maximum Gasteiger partial charge on any atom is 0.0566 e. The van der Waals surface area contributed by atoms with E-state index < -0.39 is 0 Å². The summed E-state index contributed by atoms with van der Waals surface area (Å²) in [7, 11) is 0. The maximum absolute atomic E-state index is 4.15. The van der Waals surface area contributed by atoms with Gasteiger partial charge in [-0.25, -0.2) is 0 Å². The van der Waals surface area contributed by atoms with Crippen LogP contribution >= 0.6 is 48.8 Å². The zero-order valence-electron chi connectivity index (χ0n) is 4.71. The van der Waals surface area contributed by atoms with Gasteiger partial charge in [-0.3, -0.25) is 0 Å². The molecule has 0 aromatic heterocycles. The zero-order valence-corrected chi connectivity index (χ0v) is 8.13. The van der Waals surface area contributed by atoms with Crippen molar-refractivity contribution >= 4 is 48.8 Å². The summed E-state index contributed by atoms with van der Waals surface area (Å²) in [5.74, 6) is 0. The van der Waals surface area contributed by atoms with Gasteiger partial charge < -0.3 is 0 Å². The summed E-state index contributed by atoms with van der Waals surface area (Å²) < 4.78 is 1.97. The molecule has 48 valence electrons. The van der Waals surface area contributed by atoms with Gasteiger partial charge in [0.2, 0.25) is 0 Å². The van der Waals surface area contributed by atoms with Crippen LogP contribution in [-0.4, -0.2) is 12.5 Å². The maximum atomic E-state index is 4.15. The van der Waals surface area contributed by atoms with E-state index in [1.165, 1.54) is 0 Å². The minimum Gasteiger partial charge on any atom is -0.135 e. The number of thiol groups is 2. The Morgan fingerprint density at radius 2 is 1.25 bits per heavy atom. The highest BCUT2D eigenvalue weighted by molar-refractivity contribution is 8.21. The predicted molar refractivity (Wildman–Crippen MR) is 52.0 cm³/mol. The molecule has 8 heavy (non-hydrogen) atoms.